The third-order valence-corrected chi connectivity index (χ3v) is 3.40. The summed E-state index contributed by atoms with van der Waals surface area (Å²) in [4.78, 5) is 36.7. The fraction of sp³-hybridized carbons (Fsp3) is 0.400. The van der Waals surface area contributed by atoms with Crippen molar-refractivity contribution in [2.45, 2.75) is 26.7 Å². The highest BCUT2D eigenvalue weighted by molar-refractivity contribution is 6.05. The lowest BCUT2D eigenvalue weighted by Gasteiger charge is -2.34. The average molecular weight is 295 g/mol. The van der Waals surface area contributed by atoms with Gasteiger partial charge in [-0.2, -0.15) is 0 Å². The number of likely N-dealkylation sites (tertiary alicyclic amines) is 1. The van der Waals surface area contributed by atoms with Crippen LogP contribution in [0.25, 0.3) is 0 Å². The van der Waals surface area contributed by atoms with Gasteiger partial charge in [-0.3, -0.25) is 19.3 Å². The molecule has 0 atom stereocenters. The van der Waals surface area contributed by atoms with Crippen molar-refractivity contribution in [3.05, 3.63) is 35.4 Å². The highest BCUT2D eigenvalue weighted by atomic mass is 19.2. The third kappa shape index (κ3) is 3.32. The van der Waals surface area contributed by atoms with E-state index in [0.29, 0.717) is 0 Å². The van der Waals surface area contributed by atoms with Gasteiger partial charge in [0, 0.05) is 18.4 Å². The number of benzene rings is 1. The number of hydrogen-bond donors (Lipinski definition) is 0. The van der Waals surface area contributed by atoms with Crippen molar-refractivity contribution in [3.63, 3.8) is 0 Å². The number of hydrogen-bond acceptors (Lipinski definition) is 3. The second-order valence-electron chi connectivity index (χ2n) is 5.94. The molecule has 21 heavy (non-hydrogen) atoms. The molecule has 0 N–H and O–H groups in total. The molecule has 1 aromatic carbocycles. The largest absolute Gasteiger partial charge is 0.292 e. The summed E-state index contributed by atoms with van der Waals surface area (Å²) in [5, 5.41) is 0. The number of amides is 2. The van der Waals surface area contributed by atoms with Gasteiger partial charge < -0.3 is 0 Å². The normalized spacial score (nSPS) is 18.0. The van der Waals surface area contributed by atoms with Crippen molar-refractivity contribution in [1.82, 2.24) is 4.90 Å². The Hall–Kier alpha value is -2.11. The Morgan fingerprint density at radius 1 is 1.14 bits per heavy atom. The van der Waals surface area contributed by atoms with E-state index in [-0.39, 0.29) is 18.4 Å². The Balaban J connectivity index is 2.14. The quantitative estimate of drug-likeness (QED) is 0.635. The molecule has 6 heteroatoms. The van der Waals surface area contributed by atoms with Crippen LogP contribution in [-0.4, -0.2) is 29.0 Å². The fourth-order valence-electron chi connectivity index (χ4n) is 2.29. The number of nitrogens with zero attached hydrogens (tertiary/aromatic N) is 1. The summed E-state index contributed by atoms with van der Waals surface area (Å²) in [6.07, 6.45) is 0.341. The molecule has 0 saturated carbocycles. The van der Waals surface area contributed by atoms with Gasteiger partial charge >= 0.3 is 0 Å². The molecule has 0 unspecified atom stereocenters. The predicted molar refractivity (Wildman–Crippen MR) is 70.4 cm³/mol. The second kappa shape index (κ2) is 5.35. The summed E-state index contributed by atoms with van der Waals surface area (Å²) >= 11 is 0. The van der Waals surface area contributed by atoms with E-state index < -0.39 is 41.2 Å². The van der Waals surface area contributed by atoms with Crippen LogP contribution in [0.3, 0.4) is 0 Å². The highest BCUT2D eigenvalue weighted by Crippen LogP contribution is 2.31. The molecular weight excluding hydrogens is 280 g/mol. The minimum absolute atomic E-state index is 0.0701. The van der Waals surface area contributed by atoms with Crippen molar-refractivity contribution in [2.75, 3.05) is 6.54 Å². The van der Waals surface area contributed by atoms with Gasteiger partial charge in [0.25, 0.3) is 0 Å². The summed E-state index contributed by atoms with van der Waals surface area (Å²) in [6, 6.07) is 2.73. The molecule has 0 aromatic heterocycles. The first kappa shape index (κ1) is 15.3. The van der Waals surface area contributed by atoms with Crippen molar-refractivity contribution in [3.8, 4) is 0 Å². The number of piperidine rings is 1. The van der Waals surface area contributed by atoms with E-state index in [9.17, 15) is 23.2 Å². The van der Waals surface area contributed by atoms with Crippen LogP contribution in [0.4, 0.5) is 8.78 Å². The first-order chi connectivity index (χ1) is 9.69. The molecule has 0 aliphatic carbocycles. The molecule has 1 saturated heterocycles. The van der Waals surface area contributed by atoms with Gasteiger partial charge in [-0.25, -0.2) is 8.78 Å². The lowest BCUT2D eigenvalue weighted by atomic mass is 9.81. The van der Waals surface area contributed by atoms with E-state index in [2.05, 4.69) is 0 Å². The van der Waals surface area contributed by atoms with Gasteiger partial charge in [0.1, 0.15) is 0 Å². The van der Waals surface area contributed by atoms with Crippen LogP contribution in [0.5, 0.6) is 0 Å². The SMILES string of the molecule is CC1(C)CC(=O)N(CC(=O)c2ccc(F)c(F)c2)C(=O)C1. The Bertz CT molecular complexity index is 605. The number of carbonyl (C=O) groups is 3. The van der Waals surface area contributed by atoms with E-state index in [1.165, 1.54) is 0 Å². The van der Waals surface area contributed by atoms with Gasteiger partial charge in [0.2, 0.25) is 11.8 Å². The standard InChI is InChI=1S/C15H15F2NO3/c1-15(2)6-13(20)18(14(21)7-15)8-12(19)9-3-4-10(16)11(17)5-9/h3-5H,6-8H2,1-2H3. The van der Waals surface area contributed by atoms with Crippen LogP contribution in [0.2, 0.25) is 0 Å². The smallest absolute Gasteiger partial charge is 0.230 e. The maximum atomic E-state index is 13.1. The number of Topliss-reactive ketones (excluding diaryl/α,β-unsaturated/α-hetero) is 1. The molecule has 1 heterocycles. The maximum Gasteiger partial charge on any atom is 0.230 e. The lowest BCUT2D eigenvalue weighted by molar-refractivity contribution is -0.151. The van der Waals surface area contributed by atoms with Gasteiger partial charge in [-0.05, 0) is 23.6 Å². The van der Waals surface area contributed by atoms with Crippen LogP contribution in [-0.2, 0) is 9.59 Å². The van der Waals surface area contributed by atoms with E-state index in [1.807, 2.05) is 0 Å². The van der Waals surface area contributed by atoms with Crippen molar-refractivity contribution in [2.24, 2.45) is 5.41 Å². The molecule has 1 aromatic rings. The maximum absolute atomic E-state index is 13.1. The van der Waals surface area contributed by atoms with Gasteiger partial charge in [-0.15, -0.1) is 0 Å². The Morgan fingerprint density at radius 2 is 1.71 bits per heavy atom. The van der Waals surface area contributed by atoms with E-state index in [1.54, 1.807) is 13.8 Å². The molecule has 112 valence electrons. The zero-order valence-corrected chi connectivity index (χ0v) is 11.8. The van der Waals surface area contributed by atoms with E-state index >= 15 is 0 Å². The zero-order valence-electron chi connectivity index (χ0n) is 11.8. The lowest BCUT2D eigenvalue weighted by Crippen LogP contribution is -2.48. The first-order valence-corrected chi connectivity index (χ1v) is 6.51. The number of carbonyl (C=O) groups excluding carboxylic acids is 3. The molecule has 4 nitrogen and oxygen atoms in total. The Kier molecular flexibility index (Phi) is 3.89. The van der Waals surface area contributed by atoms with Crippen molar-refractivity contribution < 1.29 is 23.2 Å². The molecule has 0 spiro atoms. The summed E-state index contributed by atoms with van der Waals surface area (Å²) in [6.45, 7) is 3.16. The Labute approximate surface area is 120 Å². The van der Waals surface area contributed by atoms with Gasteiger partial charge in [0.15, 0.2) is 17.4 Å². The number of ketones is 1. The Morgan fingerprint density at radius 3 is 2.24 bits per heavy atom. The summed E-state index contributed by atoms with van der Waals surface area (Å²) in [7, 11) is 0. The predicted octanol–water partition coefficient (Wildman–Crippen LogP) is 2.32. The van der Waals surface area contributed by atoms with Crippen LogP contribution in [0, 0.1) is 17.0 Å². The monoisotopic (exact) mass is 295 g/mol. The van der Waals surface area contributed by atoms with Gasteiger partial charge in [0.05, 0.1) is 6.54 Å². The molecule has 1 aliphatic rings. The summed E-state index contributed by atoms with van der Waals surface area (Å²) < 4.78 is 25.9. The summed E-state index contributed by atoms with van der Waals surface area (Å²) in [5.41, 5.74) is -0.491. The van der Waals surface area contributed by atoms with Crippen LogP contribution in [0.15, 0.2) is 18.2 Å². The third-order valence-electron chi connectivity index (χ3n) is 3.40. The molecular formula is C15H15F2NO3. The average Bonchev–Trinajstić information content (AvgIpc) is 2.35. The second-order valence-corrected chi connectivity index (χ2v) is 5.94. The first-order valence-electron chi connectivity index (χ1n) is 6.51. The highest BCUT2D eigenvalue weighted by Gasteiger charge is 2.38. The number of halogens is 2. The number of rotatable bonds is 3. The molecule has 2 amide bonds. The van der Waals surface area contributed by atoms with Crippen LogP contribution < -0.4 is 0 Å². The molecule has 2 rings (SSSR count). The van der Waals surface area contributed by atoms with Crippen LogP contribution in [0.1, 0.15) is 37.0 Å². The number of imide groups is 1. The van der Waals surface area contributed by atoms with Gasteiger partial charge in [-0.1, -0.05) is 13.8 Å². The molecule has 0 bridgehead atoms. The van der Waals surface area contributed by atoms with Crippen molar-refractivity contribution >= 4 is 17.6 Å². The van der Waals surface area contributed by atoms with Crippen LogP contribution >= 0.6 is 0 Å². The minimum Gasteiger partial charge on any atom is -0.292 e. The summed E-state index contributed by atoms with van der Waals surface area (Å²) in [5.74, 6) is -3.65. The zero-order chi connectivity index (χ0) is 15.8. The molecule has 1 fully saturated rings. The minimum atomic E-state index is -1.14. The molecule has 1 aliphatic heterocycles. The molecule has 0 radical (unpaired) electrons. The fourth-order valence-corrected chi connectivity index (χ4v) is 2.29. The van der Waals surface area contributed by atoms with E-state index in [4.69, 9.17) is 0 Å². The van der Waals surface area contributed by atoms with Crippen molar-refractivity contribution in [1.29, 1.82) is 0 Å². The topological polar surface area (TPSA) is 54.5 Å². The van der Waals surface area contributed by atoms with E-state index in [0.717, 1.165) is 23.1 Å².